The van der Waals surface area contributed by atoms with E-state index < -0.39 is 23.3 Å². The van der Waals surface area contributed by atoms with E-state index in [1.165, 1.54) is 0 Å². The average Bonchev–Trinajstić information content (AvgIpc) is 2.25. The van der Waals surface area contributed by atoms with Crippen LogP contribution in [0.15, 0.2) is 12.1 Å². The van der Waals surface area contributed by atoms with Crippen LogP contribution in [0.25, 0.3) is 0 Å². The van der Waals surface area contributed by atoms with E-state index in [0.29, 0.717) is 11.6 Å². The van der Waals surface area contributed by atoms with Gasteiger partial charge in [0, 0.05) is 12.1 Å². The van der Waals surface area contributed by atoms with E-state index in [9.17, 15) is 22.8 Å². The lowest BCUT2D eigenvalue weighted by Crippen LogP contribution is -2.22. The van der Waals surface area contributed by atoms with Gasteiger partial charge in [0.05, 0.1) is 11.1 Å². The van der Waals surface area contributed by atoms with E-state index in [4.69, 9.17) is 5.11 Å². The molecule has 4 nitrogen and oxygen atoms in total. The lowest BCUT2D eigenvalue weighted by molar-refractivity contribution is -0.138. The zero-order chi connectivity index (χ0) is 13.5. The van der Waals surface area contributed by atoms with Gasteiger partial charge < -0.3 is 10.4 Å². The minimum absolute atomic E-state index is 0.0311. The second kappa shape index (κ2) is 4.01. The topological polar surface area (TPSA) is 66.4 Å². The standard InChI is InChI=1S/C11H8F3NO3/c12-11(13,14)7-4-8-5(1-2-9(16)15-8)3-6(7)10(17)18/h3-4H,1-2H2,(H,15,16)(H,17,18). The van der Waals surface area contributed by atoms with Gasteiger partial charge in [0.25, 0.3) is 0 Å². The van der Waals surface area contributed by atoms with E-state index in [1.807, 2.05) is 0 Å². The van der Waals surface area contributed by atoms with Crippen molar-refractivity contribution < 1.29 is 27.9 Å². The minimum Gasteiger partial charge on any atom is -0.478 e. The molecule has 0 bridgehead atoms. The molecule has 96 valence electrons. The van der Waals surface area contributed by atoms with Crippen molar-refractivity contribution in [1.29, 1.82) is 0 Å². The molecule has 0 unspecified atom stereocenters. The number of hydrogen-bond donors (Lipinski definition) is 2. The number of rotatable bonds is 1. The van der Waals surface area contributed by atoms with E-state index in [0.717, 1.165) is 6.07 Å². The van der Waals surface area contributed by atoms with Crippen molar-refractivity contribution in [3.8, 4) is 0 Å². The molecule has 1 aromatic rings. The zero-order valence-corrected chi connectivity index (χ0v) is 8.97. The largest absolute Gasteiger partial charge is 0.478 e. The second-order valence-electron chi connectivity index (χ2n) is 3.91. The molecule has 0 saturated heterocycles. The van der Waals surface area contributed by atoms with Gasteiger partial charge in [0.15, 0.2) is 0 Å². The van der Waals surface area contributed by atoms with E-state index in [1.54, 1.807) is 0 Å². The fraction of sp³-hybridized carbons (Fsp3) is 0.273. The molecule has 0 radical (unpaired) electrons. The molecule has 2 rings (SSSR count). The Labute approximate surface area is 99.4 Å². The first kappa shape index (κ1) is 12.4. The monoisotopic (exact) mass is 259 g/mol. The van der Waals surface area contributed by atoms with Gasteiger partial charge in [-0.15, -0.1) is 0 Å². The summed E-state index contributed by atoms with van der Waals surface area (Å²) in [7, 11) is 0. The second-order valence-corrected chi connectivity index (χ2v) is 3.91. The minimum atomic E-state index is -4.77. The number of carboxylic acid groups (broad SMARTS) is 1. The molecular weight excluding hydrogens is 251 g/mol. The number of hydrogen-bond acceptors (Lipinski definition) is 2. The Hall–Kier alpha value is -2.05. The first-order chi connectivity index (χ1) is 8.29. The maximum atomic E-state index is 12.7. The Morgan fingerprint density at radius 3 is 2.50 bits per heavy atom. The SMILES string of the molecule is O=C1CCc2cc(C(=O)O)c(C(F)(F)F)cc2N1. The van der Waals surface area contributed by atoms with Crippen molar-refractivity contribution in [3.05, 3.63) is 28.8 Å². The van der Waals surface area contributed by atoms with Crippen LogP contribution >= 0.6 is 0 Å². The third-order valence-corrected chi connectivity index (χ3v) is 2.67. The normalized spacial score (nSPS) is 14.9. The average molecular weight is 259 g/mol. The number of alkyl halides is 3. The first-order valence-corrected chi connectivity index (χ1v) is 5.06. The molecule has 1 heterocycles. The van der Waals surface area contributed by atoms with Gasteiger partial charge in [-0.2, -0.15) is 13.2 Å². The molecule has 0 atom stereocenters. The summed E-state index contributed by atoms with van der Waals surface area (Å²) in [6.07, 6.45) is -4.40. The fourth-order valence-electron chi connectivity index (χ4n) is 1.84. The van der Waals surface area contributed by atoms with Gasteiger partial charge in [0.2, 0.25) is 5.91 Å². The van der Waals surface area contributed by atoms with Crippen LogP contribution in [0.2, 0.25) is 0 Å². The summed E-state index contributed by atoms with van der Waals surface area (Å²) in [5.41, 5.74) is -1.61. The number of aromatic carboxylic acids is 1. The van der Waals surface area contributed by atoms with Gasteiger partial charge in [-0.1, -0.05) is 0 Å². The zero-order valence-electron chi connectivity index (χ0n) is 8.97. The quantitative estimate of drug-likeness (QED) is 0.813. The van der Waals surface area contributed by atoms with Gasteiger partial charge >= 0.3 is 12.1 Å². The molecule has 2 N–H and O–H groups in total. The first-order valence-electron chi connectivity index (χ1n) is 5.06. The summed E-state index contributed by atoms with van der Waals surface area (Å²) in [6.45, 7) is 0. The van der Waals surface area contributed by atoms with Gasteiger partial charge in [-0.25, -0.2) is 4.79 Å². The van der Waals surface area contributed by atoms with Crippen LogP contribution in [0.1, 0.15) is 27.9 Å². The molecule has 0 fully saturated rings. The molecule has 1 aliphatic rings. The number of aryl methyl sites for hydroxylation is 1. The van der Waals surface area contributed by atoms with Gasteiger partial charge in [0.1, 0.15) is 0 Å². The third kappa shape index (κ3) is 2.15. The fourth-order valence-corrected chi connectivity index (χ4v) is 1.84. The Bertz CT molecular complexity index is 537. The third-order valence-electron chi connectivity index (χ3n) is 2.67. The summed E-state index contributed by atoms with van der Waals surface area (Å²) in [5.74, 6) is -2.01. The van der Waals surface area contributed by atoms with Crippen LogP contribution in [-0.2, 0) is 17.4 Å². The Balaban J connectivity index is 2.61. The molecule has 0 saturated carbocycles. The van der Waals surface area contributed by atoms with Crippen molar-refractivity contribution in [3.63, 3.8) is 0 Å². The maximum absolute atomic E-state index is 12.7. The highest BCUT2D eigenvalue weighted by Crippen LogP contribution is 2.36. The summed E-state index contributed by atoms with van der Waals surface area (Å²) >= 11 is 0. The van der Waals surface area contributed by atoms with E-state index >= 15 is 0 Å². The number of nitrogens with one attached hydrogen (secondary N) is 1. The lowest BCUT2D eigenvalue weighted by Gasteiger charge is -2.20. The number of carbonyl (C=O) groups is 2. The highest BCUT2D eigenvalue weighted by molar-refractivity contribution is 5.96. The van der Waals surface area contributed by atoms with Crippen LogP contribution < -0.4 is 5.32 Å². The van der Waals surface area contributed by atoms with Crippen LogP contribution in [0.4, 0.5) is 18.9 Å². The highest BCUT2D eigenvalue weighted by atomic mass is 19.4. The summed E-state index contributed by atoms with van der Waals surface area (Å²) in [6, 6.07) is 1.65. The van der Waals surface area contributed by atoms with Crippen molar-refractivity contribution >= 4 is 17.6 Å². The number of anilines is 1. The van der Waals surface area contributed by atoms with Crippen molar-refractivity contribution in [2.24, 2.45) is 0 Å². The number of amides is 1. The summed E-state index contributed by atoms with van der Waals surface area (Å²) in [5, 5.41) is 11.1. The number of benzene rings is 1. The van der Waals surface area contributed by atoms with Crippen molar-refractivity contribution in [2.45, 2.75) is 19.0 Å². The van der Waals surface area contributed by atoms with Gasteiger partial charge in [-0.3, -0.25) is 4.79 Å². The molecule has 0 spiro atoms. The molecule has 7 heteroatoms. The number of halogens is 3. The summed E-state index contributed by atoms with van der Waals surface area (Å²) in [4.78, 5) is 21.9. The van der Waals surface area contributed by atoms with Gasteiger partial charge in [-0.05, 0) is 24.1 Å². The number of carboxylic acids is 1. The predicted octanol–water partition coefficient (Wildman–Crippen LogP) is 2.29. The molecule has 1 aromatic carbocycles. The molecule has 1 aliphatic heterocycles. The lowest BCUT2D eigenvalue weighted by atomic mass is 9.96. The molecule has 1 amide bonds. The maximum Gasteiger partial charge on any atom is 0.417 e. The van der Waals surface area contributed by atoms with Crippen LogP contribution in [0.5, 0.6) is 0 Å². The Morgan fingerprint density at radius 1 is 1.28 bits per heavy atom. The molecule has 18 heavy (non-hydrogen) atoms. The van der Waals surface area contributed by atoms with Crippen LogP contribution in [-0.4, -0.2) is 17.0 Å². The Kier molecular flexibility index (Phi) is 2.76. The molecular formula is C11H8F3NO3. The van der Waals surface area contributed by atoms with E-state index in [2.05, 4.69) is 5.32 Å². The Morgan fingerprint density at radius 2 is 1.94 bits per heavy atom. The van der Waals surface area contributed by atoms with Crippen LogP contribution in [0, 0.1) is 0 Å². The highest BCUT2D eigenvalue weighted by Gasteiger charge is 2.36. The smallest absolute Gasteiger partial charge is 0.417 e. The van der Waals surface area contributed by atoms with Crippen LogP contribution in [0.3, 0.4) is 0 Å². The van der Waals surface area contributed by atoms with E-state index in [-0.39, 0.29) is 24.4 Å². The number of carbonyl (C=O) groups excluding carboxylic acids is 1. The van der Waals surface area contributed by atoms with Crippen molar-refractivity contribution in [2.75, 3.05) is 5.32 Å². The molecule has 0 aliphatic carbocycles. The van der Waals surface area contributed by atoms with Crippen molar-refractivity contribution in [1.82, 2.24) is 0 Å². The molecule has 0 aromatic heterocycles. The number of fused-ring (bicyclic) bond motifs is 1. The summed E-state index contributed by atoms with van der Waals surface area (Å²) < 4.78 is 38.1. The predicted molar refractivity (Wildman–Crippen MR) is 55.4 cm³/mol.